The van der Waals surface area contributed by atoms with E-state index in [1.165, 1.54) is 6.07 Å². The largest absolute Gasteiger partial charge is 0.369 e. The Hall–Kier alpha value is -0.850. The van der Waals surface area contributed by atoms with Gasteiger partial charge in [-0.25, -0.2) is 4.98 Å². The first-order valence-corrected chi connectivity index (χ1v) is 7.64. The SMILES string of the molecule is CC(C)(C)NCc1cc(=O)[nH]c(C2CSCCO2)n1. The molecule has 6 heteroatoms. The predicted octanol–water partition coefficient (Wildman–Crippen LogP) is 1.46. The first kappa shape index (κ1) is 14.6. The van der Waals surface area contributed by atoms with Crippen molar-refractivity contribution in [1.82, 2.24) is 15.3 Å². The minimum Gasteiger partial charge on any atom is -0.369 e. The molecule has 0 spiro atoms. The number of rotatable bonds is 3. The van der Waals surface area contributed by atoms with Gasteiger partial charge in [0.25, 0.3) is 5.56 Å². The second kappa shape index (κ2) is 6.07. The minimum atomic E-state index is -0.116. The molecule has 1 aliphatic heterocycles. The summed E-state index contributed by atoms with van der Waals surface area (Å²) in [7, 11) is 0. The van der Waals surface area contributed by atoms with E-state index >= 15 is 0 Å². The zero-order valence-electron chi connectivity index (χ0n) is 11.7. The summed E-state index contributed by atoms with van der Waals surface area (Å²) in [6.07, 6.45) is -0.0963. The smallest absolute Gasteiger partial charge is 0.251 e. The van der Waals surface area contributed by atoms with Crippen LogP contribution in [0.15, 0.2) is 10.9 Å². The molecule has 1 aromatic heterocycles. The number of ether oxygens (including phenoxy) is 1. The number of nitrogens with one attached hydrogen (secondary N) is 2. The molecule has 0 radical (unpaired) electrons. The molecule has 0 bridgehead atoms. The number of nitrogens with zero attached hydrogens (tertiary/aromatic N) is 1. The fraction of sp³-hybridized carbons (Fsp3) is 0.692. The highest BCUT2D eigenvalue weighted by Gasteiger charge is 2.19. The second-order valence-electron chi connectivity index (χ2n) is 5.66. The Kier molecular flexibility index (Phi) is 4.65. The van der Waals surface area contributed by atoms with Crippen LogP contribution < -0.4 is 10.9 Å². The lowest BCUT2D eigenvalue weighted by atomic mass is 10.1. The highest BCUT2D eigenvalue weighted by atomic mass is 32.2. The summed E-state index contributed by atoms with van der Waals surface area (Å²) in [6.45, 7) is 7.55. The number of thioether (sulfide) groups is 1. The van der Waals surface area contributed by atoms with Gasteiger partial charge >= 0.3 is 0 Å². The van der Waals surface area contributed by atoms with Gasteiger partial charge in [0.1, 0.15) is 11.9 Å². The predicted molar refractivity (Wildman–Crippen MR) is 77.5 cm³/mol. The lowest BCUT2D eigenvalue weighted by Gasteiger charge is -2.23. The van der Waals surface area contributed by atoms with Crippen molar-refractivity contribution < 1.29 is 4.74 Å². The monoisotopic (exact) mass is 283 g/mol. The van der Waals surface area contributed by atoms with Crippen molar-refractivity contribution in [2.45, 2.75) is 39.0 Å². The maximum absolute atomic E-state index is 11.7. The lowest BCUT2D eigenvalue weighted by Crippen LogP contribution is -2.36. The normalized spacial score (nSPS) is 20.5. The number of aromatic nitrogens is 2. The standard InChI is InChI=1S/C13H21N3O2S/c1-13(2,3)14-7-9-6-11(17)16-12(15-9)10-8-19-5-4-18-10/h6,10,14H,4-5,7-8H2,1-3H3,(H,15,16,17). The van der Waals surface area contributed by atoms with Crippen LogP contribution in [0.5, 0.6) is 0 Å². The molecule has 106 valence electrons. The van der Waals surface area contributed by atoms with E-state index in [-0.39, 0.29) is 17.2 Å². The summed E-state index contributed by atoms with van der Waals surface area (Å²) in [6, 6.07) is 1.54. The Labute approximate surface area is 117 Å². The van der Waals surface area contributed by atoms with E-state index in [0.29, 0.717) is 19.0 Å². The number of aromatic amines is 1. The highest BCUT2D eigenvalue weighted by molar-refractivity contribution is 7.99. The van der Waals surface area contributed by atoms with Gasteiger partial charge in [0.15, 0.2) is 0 Å². The summed E-state index contributed by atoms with van der Waals surface area (Å²) < 4.78 is 5.65. The zero-order valence-corrected chi connectivity index (χ0v) is 12.5. The average molecular weight is 283 g/mol. The van der Waals surface area contributed by atoms with Crippen molar-refractivity contribution in [3.05, 3.63) is 27.9 Å². The van der Waals surface area contributed by atoms with Crippen LogP contribution in [-0.2, 0) is 11.3 Å². The molecular formula is C13H21N3O2S. The molecule has 1 atom stereocenters. The molecule has 1 unspecified atom stereocenters. The Morgan fingerprint density at radius 1 is 1.58 bits per heavy atom. The average Bonchev–Trinajstić information content (AvgIpc) is 2.36. The van der Waals surface area contributed by atoms with E-state index < -0.39 is 0 Å². The van der Waals surface area contributed by atoms with Gasteiger partial charge in [-0.05, 0) is 20.8 Å². The Bertz CT molecular complexity index is 476. The first-order valence-electron chi connectivity index (χ1n) is 6.48. The van der Waals surface area contributed by atoms with Gasteiger partial charge < -0.3 is 15.0 Å². The fourth-order valence-electron chi connectivity index (χ4n) is 1.77. The molecule has 5 nitrogen and oxygen atoms in total. The lowest BCUT2D eigenvalue weighted by molar-refractivity contribution is 0.0690. The van der Waals surface area contributed by atoms with Gasteiger partial charge in [-0.15, -0.1) is 0 Å². The van der Waals surface area contributed by atoms with Crippen LogP contribution in [0.2, 0.25) is 0 Å². The Morgan fingerprint density at radius 2 is 2.37 bits per heavy atom. The summed E-state index contributed by atoms with van der Waals surface area (Å²) in [5.74, 6) is 2.50. The topological polar surface area (TPSA) is 67.0 Å². The van der Waals surface area contributed by atoms with Crippen molar-refractivity contribution in [3.63, 3.8) is 0 Å². The molecule has 1 fully saturated rings. The molecule has 1 saturated heterocycles. The van der Waals surface area contributed by atoms with E-state index in [9.17, 15) is 4.79 Å². The molecule has 0 amide bonds. The van der Waals surface area contributed by atoms with E-state index in [1.807, 2.05) is 11.8 Å². The summed E-state index contributed by atoms with van der Waals surface area (Å²) in [4.78, 5) is 19.0. The third-order valence-electron chi connectivity index (χ3n) is 2.73. The molecule has 2 rings (SSSR count). The fourth-order valence-corrected chi connectivity index (χ4v) is 2.62. The van der Waals surface area contributed by atoms with Gasteiger partial charge in [-0.2, -0.15) is 11.8 Å². The second-order valence-corrected chi connectivity index (χ2v) is 6.81. The Balaban J connectivity index is 2.12. The van der Waals surface area contributed by atoms with Crippen molar-refractivity contribution in [2.24, 2.45) is 0 Å². The highest BCUT2D eigenvalue weighted by Crippen LogP contribution is 2.23. The molecule has 0 aromatic carbocycles. The van der Waals surface area contributed by atoms with Gasteiger partial charge in [0.2, 0.25) is 0 Å². The van der Waals surface area contributed by atoms with Crippen molar-refractivity contribution in [2.75, 3.05) is 18.1 Å². The number of hydrogen-bond donors (Lipinski definition) is 2. The van der Waals surface area contributed by atoms with Crippen LogP contribution in [0.25, 0.3) is 0 Å². The molecule has 1 aromatic rings. The van der Waals surface area contributed by atoms with Crippen LogP contribution in [0.3, 0.4) is 0 Å². The molecule has 1 aliphatic rings. The number of H-pyrrole nitrogens is 1. The van der Waals surface area contributed by atoms with Crippen LogP contribution in [0.4, 0.5) is 0 Å². The van der Waals surface area contributed by atoms with Crippen molar-refractivity contribution in [1.29, 1.82) is 0 Å². The maximum Gasteiger partial charge on any atom is 0.251 e. The summed E-state index contributed by atoms with van der Waals surface area (Å²) >= 11 is 1.82. The minimum absolute atomic E-state index is 0.00162. The molecule has 0 aliphatic carbocycles. The van der Waals surface area contributed by atoms with Crippen molar-refractivity contribution >= 4 is 11.8 Å². The third-order valence-corrected chi connectivity index (χ3v) is 3.73. The first-order chi connectivity index (χ1) is 8.94. The van der Waals surface area contributed by atoms with Gasteiger partial charge in [-0.1, -0.05) is 0 Å². The number of hydrogen-bond acceptors (Lipinski definition) is 5. The van der Waals surface area contributed by atoms with Crippen LogP contribution in [0.1, 0.15) is 38.4 Å². The van der Waals surface area contributed by atoms with E-state index in [1.54, 1.807) is 0 Å². The molecule has 0 saturated carbocycles. The summed E-state index contributed by atoms with van der Waals surface area (Å²) in [5.41, 5.74) is 0.643. The van der Waals surface area contributed by atoms with E-state index in [4.69, 9.17) is 4.74 Å². The quantitative estimate of drug-likeness (QED) is 0.879. The van der Waals surface area contributed by atoms with Gasteiger partial charge in [0.05, 0.1) is 12.3 Å². The zero-order chi connectivity index (χ0) is 13.9. The molecule has 2 N–H and O–H groups in total. The van der Waals surface area contributed by atoms with Gasteiger partial charge in [-0.3, -0.25) is 4.79 Å². The van der Waals surface area contributed by atoms with Crippen LogP contribution in [0, 0.1) is 0 Å². The van der Waals surface area contributed by atoms with E-state index in [2.05, 4.69) is 36.1 Å². The molecular weight excluding hydrogens is 262 g/mol. The van der Waals surface area contributed by atoms with Crippen LogP contribution in [-0.4, -0.2) is 33.6 Å². The Morgan fingerprint density at radius 3 is 3.00 bits per heavy atom. The molecule has 2 heterocycles. The summed E-state index contributed by atoms with van der Waals surface area (Å²) in [5, 5.41) is 3.33. The van der Waals surface area contributed by atoms with Crippen molar-refractivity contribution in [3.8, 4) is 0 Å². The third kappa shape index (κ3) is 4.63. The molecule has 19 heavy (non-hydrogen) atoms. The maximum atomic E-state index is 11.7. The van der Waals surface area contributed by atoms with Gasteiger partial charge in [0, 0.05) is 29.7 Å². The van der Waals surface area contributed by atoms with E-state index in [0.717, 1.165) is 17.2 Å². The van der Waals surface area contributed by atoms with Crippen LogP contribution >= 0.6 is 11.8 Å².